The van der Waals surface area contributed by atoms with Crippen LogP contribution in [0.25, 0.3) is 22.2 Å². The summed E-state index contributed by atoms with van der Waals surface area (Å²) in [5, 5.41) is -0.939. The summed E-state index contributed by atoms with van der Waals surface area (Å²) in [5.74, 6) is -3.41. The van der Waals surface area contributed by atoms with Gasteiger partial charge in [0.05, 0.1) is 22.3 Å². The minimum absolute atomic E-state index is 0.0253. The number of hydroxylamine groups is 1. The van der Waals surface area contributed by atoms with Gasteiger partial charge in [0, 0.05) is 0 Å². The minimum atomic E-state index is -5.55. The minimum Gasteiger partial charge on any atom is -0.344 e. The Kier molecular flexibility index (Phi) is 9.26. The second-order valence-corrected chi connectivity index (χ2v) is 15.6. The SMILES string of the molecule is Cc1ccc(C)c(-c2ccc(S(=O)(=O)N(OC(=O)C(F)(F)F)C(Cc3ccc(C4CC(=O)NS4(O)O)cc3)c3nc4ccccc4[nH]3)cc2)c1. The summed E-state index contributed by atoms with van der Waals surface area (Å²) in [4.78, 5) is 35.9. The molecule has 0 aliphatic carbocycles. The number of hydrogen-bond acceptors (Lipinski definition) is 8. The molecule has 1 fully saturated rings. The Morgan fingerprint density at radius 2 is 1.70 bits per heavy atom. The topological polar surface area (TPSA) is 162 Å². The van der Waals surface area contributed by atoms with Crippen LogP contribution in [-0.2, 0) is 30.9 Å². The zero-order valence-electron chi connectivity index (χ0n) is 26.5. The molecule has 1 saturated heterocycles. The lowest BCUT2D eigenvalue weighted by atomic mass is 9.99. The highest BCUT2D eigenvalue weighted by Gasteiger charge is 2.47. The number of benzene rings is 4. The number of aromatic amines is 1. The van der Waals surface area contributed by atoms with Gasteiger partial charge < -0.3 is 9.82 Å². The number of amides is 1. The van der Waals surface area contributed by atoms with Crippen LogP contribution in [0.3, 0.4) is 0 Å². The van der Waals surface area contributed by atoms with Gasteiger partial charge in [0.25, 0.3) is 10.0 Å². The van der Waals surface area contributed by atoms with E-state index in [-0.39, 0.29) is 23.1 Å². The van der Waals surface area contributed by atoms with Crippen LogP contribution >= 0.6 is 10.8 Å². The summed E-state index contributed by atoms with van der Waals surface area (Å²) in [7, 11) is -8.47. The highest BCUT2D eigenvalue weighted by molar-refractivity contribution is 8.23. The first-order valence-electron chi connectivity index (χ1n) is 15.2. The number of aromatic nitrogens is 2. The lowest BCUT2D eigenvalue weighted by Gasteiger charge is -2.33. The van der Waals surface area contributed by atoms with Crippen molar-refractivity contribution in [2.45, 2.75) is 49.1 Å². The maximum Gasteiger partial charge on any atom is 0.492 e. The monoisotopic (exact) mass is 728 g/mol. The molecule has 2 atom stereocenters. The molecular weight excluding hydrogens is 698 g/mol. The van der Waals surface area contributed by atoms with Crippen molar-refractivity contribution >= 4 is 43.7 Å². The molecule has 1 aliphatic heterocycles. The van der Waals surface area contributed by atoms with Crippen molar-refractivity contribution in [2.24, 2.45) is 0 Å². The number of para-hydroxylation sites is 2. The van der Waals surface area contributed by atoms with E-state index in [4.69, 9.17) is 4.84 Å². The van der Waals surface area contributed by atoms with Gasteiger partial charge in [-0.05, 0) is 76.8 Å². The fourth-order valence-electron chi connectivity index (χ4n) is 5.74. The van der Waals surface area contributed by atoms with Gasteiger partial charge in [-0.3, -0.25) is 18.6 Å². The Morgan fingerprint density at radius 3 is 2.32 bits per heavy atom. The van der Waals surface area contributed by atoms with E-state index in [1.165, 1.54) is 48.5 Å². The quantitative estimate of drug-likeness (QED) is 0.117. The molecule has 11 nitrogen and oxygen atoms in total. The van der Waals surface area contributed by atoms with Crippen LogP contribution in [0.2, 0.25) is 0 Å². The molecule has 0 bridgehead atoms. The van der Waals surface area contributed by atoms with Crippen LogP contribution in [0.1, 0.15) is 45.8 Å². The van der Waals surface area contributed by atoms with Gasteiger partial charge in [0.15, 0.2) is 0 Å². The number of aryl methyl sites for hydroxylation is 2. The Bertz CT molecular complexity index is 2160. The molecule has 0 saturated carbocycles. The zero-order valence-corrected chi connectivity index (χ0v) is 28.1. The maximum absolute atomic E-state index is 14.3. The molecule has 50 heavy (non-hydrogen) atoms. The third-order valence-corrected chi connectivity index (χ3v) is 11.7. The van der Waals surface area contributed by atoms with Gasteiger partial charge in [-0.15, -0.1) is 10.8 Å². The summed E-state index contributed by atoms with van der Waals surface area (Å²) in [6, 6.07) is 22.2. The van der Waals surface area contributed by atoms with E-state index in [1.807, 2.05) is 32.0 Å². The van der Waals surface area contributed by atoms with E-state index in [0.717, 1.165) is 16.7 Å². The van der Waals surface area contributed by atoms with Crippen LogP contribution < -0.4 is 4.72 Å². The van der Waals surface area contributed by atoms with E-state index < -0.39 is 55.0 Å². The molecule has 6 rings (SSSR count). The first-order chi connectivity index (χ1) is 23.5. The van der Waals surface area contributed by atoms with Gasteiger partial charge in [-0.2, -0.15) is 13.2 Å². The van der Waals surface area contributed by atoms with Crippen molar-refractivity contribution in [3.63, 3.8) is 0 Å². The summed E-state index contributed by atoms with van der Waals surface area (Å²) in [6.07, 6.45) is -6.06. The number of carbonyl (C=O) groups excluding carboxylic acids is 2. The molecule has 4 aromatic carbocycles. The van der Waals surface area contributed by atoms with E-state index in [9.17, 15) is 40.3 Å². The largest absolute Gasteiger partial charge is 0.492 e. The fourth-order valence-corrected chi connectivity index (χ4v) is 8.58. The number of hydrogen-bond donors (Lipinski definition) is 4. The van der Waals surface area contributed by atoms with Crippen molar-refractivity contribution in [2.75, 3.05) is 0 Å². The summed E-state index contributed by atoms with van der Waals surface area (Å²) < 4.78 is 92.3. The average molecular weight is 729 g/mol. The highest BCUT2D eigenvalue weighted by atomic mass is 32.3. The molecule has 0 spiro atoms. The first-order valence-corrected chi connectivity index (χ1v) is 18.2. The van der Waals surface area contributed by atoms with E-state index in [1.54, 1.807) is 24.3 Å². The number of fused-ring (bicyclic) bond motifs is 1. The Labute approximate surface area is 286 Å². The molecule has 4 N–H and O–H groups in total. The molecule has 262 valence electrons. The molecule has 1 amide bonds. The molecule has 5 aromatic rings. The van der Waals surface area contributed by atoms with E-state index in [2.05, 4.69) is 14.7 Å². The van der Waals surface area contributed by atoms with Crippen LogP contribution in [0.4, 0.5) is 13.2 Å². The van der Waals surface area contributed by atoms with Crippen LogP contribution in [0.5, 0.6) is 0 Å². The highest BCUT2D eigenvalue weighted by Crippen LogP contribution is 2.56. The first kappa shape index (κ1) is 35.1. The number of imidazole rings is 1. The molecule has 0 radical (unpaired) electrons. The summed E-state index contributed by atoms with van der Waals surface area (Å²) >= 11 is 0. The smallest absolute Gasteiger partial charge is 0.344 e. The number of nitrogens with zero attached hydrogens (tertiary/aromatic N) is 2. The summed E-state index contributed by atoms with van der Waals surface area (Å²) in [6.45, 7) is 3.79. The Morgan fingerprint density at radius 1 is 1.02 bits per heavy atom. The van der Waals surface area contributed by atoms with Crippen LogP contribution in [-0.4, -0.2) is 50.0 Å². The zero-order chi connectivity index (χ0) is 36.0. The van der Waals surface area contributed by atoms with Crippen molar-refractivity contribution < 1.29 is 45.1 Å². The predicted octanol–water partition coefficient (Wildman–Crippen LogP) is 7.07. The second kappa shape index (κ2) is 13.2. The third-order valence-electron chi connectivity index (χ3n) is 8.29. The number of sulfonamides is 1. The number of halogens is 3. The van der Waals surface area contributed by atoms with Crippen molar-refractivity contribution in [3.05, 3.63) is 119 Å². The number of rotatable bonds is 9. The van der Waals surface area contributed by atoms with Gasteiger partial charge in [0.2, 0.25) is 5.91 Å². The predicted molar refractivity (Wildman–Crippen MR) is 180 cm³/mol. The van der Waals surface area contributed by atoms with Gasteiger partial charge in [0.1, 0.15) is 17.1 Å². The maximum atomic E-state index is 14.3. The molecule has 16 heteroatoms. The normalized spacial score (nSPS) is 17.4. The van der Waals surface area contributed by atoms with Crippen molar-refractivity contribution in [3.8, 4) is 11.1 Å². The van der Waals surface area contributed by atoms with Crippen LogP contribution in [0.15, 0.2) is 95.9 Å². The van der Waals surface area contributed by atoms with E-state index in [0.29, 0.717) is 27.7 Å². The van der Waals surface area contributed by atoms with Crippen LogP contribution in [0, 0.1) is 13.8 Å². The molecule has 2 unspecified atom stereocenters. The fraction of sp³-hybridized carbons (Fsp3) is 0.206. The van der Waals surface area contributed by atoms with Gasteiger partial charge in [-0.25, -0.2) is 18.2 Å². The van der Waals surface area contributed by atoms with Crippen molar-refractivity contribution in [1.29, 1.82) is 0 Å². The standard InChI is InChI=1S/C34H31F3N4O7S2/c1-20-7-8-21(2)26(17-20)23-13-15-25(16-14-23)50(46,47)41(48-33(43)34(35,36)37)29(32-38-27-5-3-4-6-28(27)39-32)18-22-9-11-24(12-10-22)30-19-31(42)40-49(30,44)45/h3-17,29-30,44-45H,18-19H2,1-2H3,(H,38,39)(H,40,42). The lowest BCUT2D eigenvalue weighted by molar-refractivity contribution is -0.227. The molecule has 1 aliphatic rings. The third kappa shape index (κ3) is 7.11. The number of carbonyl (C=O) groups is 2. The lowest BCUT2D eigenvalue weighted by Crippen LogP contribution is -2.42. The average Bonchev–Trinajstić information content (AvgIpc) is 3.62. The number of nitrogens with one attached hydrogen (secondary N) is 2. The van der Waals surface area contributed by atoms with Gasteiger partial charge >= 0.3 is 12.1 Å². The molecule has 1 aromatic heterocycles. The summed E-state index contributed by atoms with van der Waals surface area (Å²) in [5.41, 5.74) is 4.96. The van der Waals surface area contributed by atoms with Gasteiger partial charge in [-0.1, -0.05) is 72.3 Å². The van der Waals surface area contributed by atoms with Crippen molar-refractivity contribution in [1.82, 2.24) is 19.2 Å². The molecular formula is C34H31F3N4O7S2. The Hall–Kier alpha value is -4.74. The number of alkyl halides is 3. The Balaban J connectivity index is 1.43. The number of H-pyrrole nitrogens is 1. The molecule has 2 heterocycles. The second-order valence-electron chi connectivity index (χ2n) is 11.9. The van der Waals surface area contributed by atoms with E-state index >= 15 is 0 Å².